The largest absolute Gasteiger partial charge is 0.480 e. The Hall–Kier alpha value is -1.19. The maximum Gasteiger partial charge on any atom is 0.326 e. The van der Waals surface area contributed by atoms with Crippen LogP contribution in [0.1, 0.15) is 13.3 Å². The molecule has 0 aliphatic rings. The lowest BCUT2D eigenvalue weighted by molar-refractivity contribution is -0.142. The average molecular weight is 296 g/mol. The molecule has 8 nitrogen and oxygen atoms in total. The van der Waals surface area contributed by atoms with Crippen molar-refractivity contribution >= 4 is 21.9 Å². The highest BCUT2D eigenvalue weighted by Gasteiger charge is 2.23. The average Bonchev–Trinajstić information content (AvgIpc) is 2.33. The summed E-state index contributed by atoms with van der Waals surface area (Å²) in [5, 5.41) is 11.1. The van der Waals surface area contributed by atoms with Gasteiger partial charge in [0.1, 0.15) is 6.04 Å². The Kier molecular flexibility index (Phi) is 7.57. The molecule has 0 aromatic carbocycles. The number of hydrogen-bond acceptors (Lipinski definition) is 5. The predicted molar refractivity (Wildman–Crippen MR) is 68.2 cm³/mol. The molecule has 0 aromatic rings. The molecule has 1 atom stereocenters. The number of carboxylic acids is 1. The number of ether oxygens (including phenoxy) is 1. The van der Waals surface area contributed by atoms with E-state index in [-0.39, 0.29) is 18.8 Å². The molecule has 1 unspecified atom stereocenters. The van der Waals surface area contributed by atoms with Gasteiger partial charge in [0, 0.05) is 27.2 Å². The SMILES string of the molecule is CCS(=O)(=O)N(C)CC(=O)NC(CCOC)C(=O)O. The van der Waals surface area contributed by atoms with Gasteiger partial charge in [0.15, 0.2) is 0 Å². The van der Waals surface area contributed by atoms with Crippen LogP contribution in [-0.4, -0.2) is 68.8 Å². The molecule has 0 saturated carbocycles. The topological polar surface area (TPSA) is 113 Å². The molecule has 0 saturated heterocycles. The maximum atomic E-state index is 11.6. The fourth-order valence-corrected chi connectivity index (χ4v) is 2.01. The molecule has 0 aliphatic heterocycles. The molecular formula is C10H20N2O6S. The summed E-state index contributed by atoms with van der Waals surface area (Å²) < 4.78 is 28.5. The van der Waals surface area contributed by atoms with Gasteiger partial charge in [0.25, 0.3) is 0 Å². The zero-order chi connectivity index (χ0) is 15.1. The van der Waals surface area contributed by atoms with Gasteiger partial charge in [-0.05, 0) is 6.92 Å². The van der Waals surface area contributed by atoms with Crippen LogP contribution in [-0.2, 0) is 24.3 Å². The van der Waals surface area contributed by atoms with Crippen molar-refractivity contribution in [3.05, 3.63) is 0 Å². The molecular weight excluding hydrogens is 276 g/mol. The van der Waals surface area contributed by atoms with Crippen LogP contribution < -0.4 is 5.32 Å². The normalized spacial score (nSPS) is 13.3. The summed E-state index contributed by atoms with van der Waals surface area (Å²) in [4.78, 5) is 22.5. The van der Waals surface area contributed by atoms with Gasteiger partial charge in [-0.2, -0.15) is 4.31 Å². The minimum Gasteiger partial charge on any atom is -0.480 e. The van der Waals surface area contributed by atoms with Crippen molar-refractivity contribution in [3.8, 4) is 0 Å². The van der Waals surface area contributed by atoms with E-state index in [1.807, 2.05) is 0 Å². The van der Waals surface area contributed by atoms with Gasteiger partial charge in [-0.15, -0.1) is 0 Å². The number of aliphatic carboxylic acids is 1. The molecule has 9 heteroatoms. The van der Waals surface area contributed by atoms with Crippen molar-refractivity contribution in [1.29, 1.82) is 0 Å². The van der Waals surface area contributed by atoms with Gasteiger partial charge in [-0.25, -0.2) is 13.2 Å². The monoisotopic (exact) mass is 296 g/mol. The molecule has 0 spiro atoms. The predicted octanol–water partition coefficient (Wildman–Crippen LogP) is -1.13. The number of rotatable bonds is 9. The number of sulfonamides is 1. The molecule has 0 radical (unpaired) electrons. The second-order valence-corrected chi connectivity index (χ2v) is 6.26. The highest BCUT2D eigenvalue weighted by atomic mass is 32.2. The van der Waals surface area contributed by atoms with E-state index in [0.29, 0.717) is 0 Å². The van der Waals surface area contributed by atoms with E-state index in [0.717, 1.165) is 4.31 Å². The molecule has 0 bridgehead atoms. The van der Waals surface area contributed by atoms with Gasteiger partial charge in [-0.3, -0.25) is 4.79 Å². The van der Waals surface area contributed by atoms with E-state index in [9.17, 15) is 18.0 Å². The molecule has 2 N–H and O–H groups in total. The summed E-state index contributed by atoms with van der Waals surface area (Å²) in [6, 6.07) is -1.09. The van der Waals surface area contributed by atoms with Crippen molar-refractivity contribution < 1.29 is 27.9 Å². The molecule has 0 fully saturated rings. The van der Waals surface area contributed by atoms with Crippen LogP contribution in [0, 0.1) is 0 Å². The van der Waals surface area contributed by atoms with Crippen molar-refractivity contribution in [2.75, 3.05) is 33.1 Å². The third kappa shape index (κ3) is 6.50. The van der Waals surface area contributed by atoms with Crippen molar-refractivity contribution in [1.82, 2.24) is 9.62 Å². The number of carboxylic acid groups (broad SMARTS) is 1. The zero-order valence-corrected chi connectivity index (χ0v) is 12.1. The second-order valence-electron chi connectivity index (χ2n) is 3.90. The fraction of sp³-hybridized carbons (Fsp3) is 0.800. The number of nitrogens with zero attached hydrogens (tertiary/aromatic N) is 1. The summed E-state index contributed by atoms with van der Waals surface area (Å²) in [6.07, 6.45) is 0.113. The zero-order valence-electron chi connectivity index (χ0n) is 11.2. The first-order valence-electron chi connectivity index (χ1n) is 5.69. The van der Waals surface area contributed by atoms with Crippen LogP contribution in [0.25, 0.3) is 0 Å². The van der Waals surface area contributed by atoms with Gasteiger partial charge in [0.2, 0.25) is 15.9 Å². The van der Waals surface area contributed by atoms with E-state index in [2.05, 4.69) is 5.32 Å². The Balaban J connectivity index is 4.46. The molecule has 112 valence electrons. The molecule has 0 heterocycles. The summed E-state index contributed by atoms with van der Waals surface area (Å²) in [5.41, 5.74) is 0. The molecule has 0 aromatic heterocycles. The lowest BCUT2D eigenvalue weighted by Crippen LogP contribution is -2.46. The highest BCUT2D eigenvalue weighted by Crippen LogP contribution is 1.98. The second kappa shape index (κ2) is 8.08. The summed E-state index contributed by atoms with van der Waals surface area (Å²) in [6.45, 7) is 1.23. The van der Waals surface area contributed by atoms with E-state index in [1.165, 1.54) is 21.1 Å². The van der Waals surface area contributed by atoms with Crippen molar-refractivity contribution in [2.24, 2.45) is 0 Å². The lowest BCUT2D eigenvalue weighted by Gasteiger charge is -2.18. The third-order valence-electron chi connectivity index (χ3n) is 2.45. The Bertz CT molecular complexity index is 408. The number of carbonyl (C=O) groups excluding carboxylic acids is 1. The quantitative estimate of drug-likeness (QED) is 0.557. The molecule has 19 heavy (non-hydrogen) atoms. The minimum absolute atomic E-state index is 0.113. The Morgan fingerprint density at radius 1 is 1.42 bits per heavy atom. The van der Waals surface area contributed by atoms with E-state index < -0.39 is 34.5 Å². The lowest BCUT2D eigenvalue weighted by atomic mass is 10.2. The van der Waals surface area contributed by atoms with Crippen LogP contribution in [0.4, 0.5) is 0 Å². The summed E-state index contributed by atoms with van der Waals surface area (Å²) in [7, 11) is -0.780. The first-order valence-corrected chi connectivity index (χ1v) is 7.30. The number of nitrogens with one attached hydrogen (secondary N) is 1. The van der Waals surface area contributed by atoms with E-state index in [1.54, 1.807) is 0 Å². The molecule has 0 rings (SSSR count). The van der Waals surface area contributed by atoms with Crippen molar-refractivity contribution in [3.63, 3.8) is 0 Å². The first-order chi connectivity index (χ1) is 8.74. The van der Waals surface area contributed by atoms with Crippen LogP contribution in [0.15, 0.2) is 0 Å². The van der Waals surface area contributed by atoms with Gasteiger partial charge in [0.05, 0.1) is 12.3 Å². The number of likely N-dealkylation sites (N-methyl/N-ethyl adjacent to an activating group) is 1. The third-order valence-corrected chi connectivity index (χ3v) is 4.26. The highest BCUT2D eigenvalue weighted by molar-refractivity contribution is 7.89. The fourth-order valence-electron chi connectivity index (χ4n) is 1.25. The molecule has 1 amide bonds. The molecule has 0 aliphatic carbocycles. The van der Waals surface area contributed by atoms with Crippen LogP contribution >= 0.6 is 0 Å². The van der Waals surface area contributed by atoms with E-state index in [4.69, 9.17) is 9.84 Å². The minimum atomic E-state index is -3.47. The first kappa shape index (κ1) is 17.8. The number of methoxy groups -OCH3 is 1. The van der Waals surface area contributed by atoms with Crippen LogP contribution in [0.3, 0.4) is 0 Å². The van der Waals surface area contributed by atoms with Crippen molar-refractivity contribution in [2.45, 2.75) is 19.4 Å². The maximum absolute atomic E-state index is 11.6. The standard InChI is InChI=1S/C10H20N2O6S/c1-4-19(16,17)12(2)7-9(13)11-8(10(14)15)5-6-18-3/h8H,4-7H2,1-3H3,(H,11,13)(H,14,15). The Morgan fingerprint density at radius 3 is 2.42 bits per heavy atom. The van der Waals surface area contributed by atoms with E-state index >= 15 is 0 Å². The van der Waals surface area contributed by atoms with Crippen LogP contribution in [0.2, 0.25) is 0 Å². The van der Waals surface area contributed by atoms with Crippen LogP contribution in [0.5, 0.6) is 0 Å². The Morgan fingerprint density at radius 2 is 2.00 bits per heavy atom. The number of amides is 1. The summed E-state index contributed by atoms with van der Waals surface area (Å²) in [5.74, 6) is -1.97. The Labute approximate surface area is 112 Å². The van der Waals surface area contributed by atoms with Gasteiger partial charge < -0.3 is 15.2 Å². The smallest absolute Gasteiger partial charge is 0.326 e. The van der Waals surface area contributed by atoms with Gasteiger partial charge in [-0.1, -0.05) is 0 Å². The number of hydrogen-bond donors (Lipinski definition) is 2. The summed E-state index contributed by atoms with van der Waals surface area (Å²) >= 11 is 0. The number of carbonyl (C=O) groups is 2. The van der Waals surface area contributed by atoms with Gasteiger partial charge >= 0.3 is 5.97 Å².